The van der Waals surface area contributed by atoms with Gasteiger partial charge >= 0.3 is 0 Å². The van der Waals surface area contributed by atoms with Gasteiger partial charge in [-0.2, -0.15) is 0 Å². The highest BCUT2D eigenvalue weighted by Gasteiger charge is 2.24. The van der Waals surface area contributed by atoms with Gasteiger partial charge < -0.3 is 15.0 Å². The summed E-state index contributed by atoms with van der Waals surface area (Å²) in [6.45, 7) is 3.50. The van der Waals surface area contributed by atoms with Crippen LogP contribution in [0.15, 0.2) is 78.0 Å². The summed E-state index contributed by atoms with van der Waals surface area (Å²) >= 11 is 1.26. The summed E-state index contributed by atoms with van der Waals surface area (Å²) in [7, 11) is 0. The number of thioether (sulfide) groups is 1. The Hall–Kier alpha value is -4.18. The van der Waals surface area contributed by atoms with E-state index in [0.717, 1.165) is 37.1 Å². The number of carbonyl (C=O) groups is 2. The number of anilines is 1. The van der Waals surface area contributed by atoms with Crippen LogP contribution in [0.1, 0.15) is 47.9 Å². The molecule has 1 aromatic heterocycles. The molecule has 212 valence electrons. The topological polar surface area (TPSA) is 89.3 Å². The Kier molecular flexibility index (Phi) is 9.30. The molecular formula is C31H32FN5O3S. The number of unbranched alkanes of at least 4 members (excludes halogenated alkanes) is 1. The molecule has 0 spiro atoms. The minimum Gasteiger partial charge on any atom is -0.494 e. The highest BCUT2D eigenvalue weighted by molar-refractivity contribution is 7.99. The van der Waals surface area contributed by atoms with Crippen molar-refractivity contribution in [2.45, 2.75) is 44.3 Å². The van der Waals surface area contributed by atoms with E-state index in [9.17, 15) is 14.0 Å². The predicted molar refractivity (Wildman–Crippen MR) is 157 cm³/mol. The van der Waals surface area contributed by atoms with E-state index in [0.29, 0.717) is 35.4 Å². The molecule has 4 aromatic rings. The number of amides is 2. The number of carbonyl (C=O) groups excluding carboxylic acids is 2. The van der Waals surface area contributed by atoms with Gasteiger partial charge in [-0.15, -0.1) is 10.2 Å². The molecule has 10 heteroatoms. The van der Waals surface area contributed by atoms with Crippen molar-refractivity contribution in [1.82, 2.24) is 20.1 Å². The van der Waals surface area contributed by atoms with Crippen molar-refractivity contribution >= 4 is 29.3 Å². The zero-order valence-corrected chi connectivity index (χ0v) is 23.7. The van der Waals surface area contributed by atoms with Crippen LogP contribution in [-0.2, 0) is 17.8 Å². The first kappa shape index (κ1) is 28.4. The predicted octanol–water partition coefficient (Wildman–Crippen LogP) is 5.59. The summed E-state index contributed by atoms with van der Waals surface area (Å²) in [5.41, 5.74) is 3.24. The van der Waals surface area contributed by atoms with Crippen molar-refractivity contribution in [2.24, 2.45) is 0 Å². The van der Waals surface area contributed by atoms with Crippen molar-refractivity contribution in [3.05, 3.63) is 95.6 Å². The summed E-state index contributed by atoms with van der Waals surface area (Å²) in [5, 5.41) is 12.0. The average molecular weight is 574 g/mol. The molecule has 5 rings (SSSR count). The molecule has 1 aliphatic heterocycles. The monoisotopic (exact) mass is 573 g/mol. The van der Waals surface area contributed by atoms with Gasteiger partial charge in [-0.1, -0.05) is 43.3 Å². The molecule has 2 heterocycles. The fourth-order valence-electron chi connectivity index (χ4n) is 4.65. The normalized spacial score (nSPS) is 12.6. The van der Waals surface area contributed by atoms with Crippen LogP contribution in [0.5, 0.6) is 5.75 Å². The highest BCUT2D eigenvalue weighted by atomic mass is 32.2. The Labute approximate surface area is 242 Å². The van der Waals surface area contributed by atoms with Crippen LogP contribution in [0.25, 0.3) is 5.69 Å². The Bertz CT molecular complexity index is 1490. The van der Waals surface area contributed by atoms with E-state index in [-0.39, 0.29) is 29.9 Å². The van der Waals surface area contributed by atoms with Crippen molar-refractivity contribution in [3.63, 3.8) is 0 Å². The maximum Gasteiger partial charge on any atom is 0.251 e. The molecule has 3 aromatic carbocycles. The first-order valence-corrected chi connectivity index (χ1v) is 14.7. The number of benzene rings is 3. The molecule has 0 aliphatic carbocycles. The van der Waals surface area contributed by atoms with Crippen LogP contribution in [0.3, 0.4) is 0 Å². The van der Waals surface area contributed by atoms with Gasteiger partial charge in [-0.25, -0.2) is 4.39 Å². The lowest BCUT2D eigenvalue weighted by Crippen LogP contribution is -2.36. The van der Waals surface area contributed by atoms with Gasteiger partial charge in [0, 0.05) is 23.5 Å². The number of hydrogen-bond acceptors (Lipinski definition) is 6. The molecule has 0 atom stereocenters. The van der Waals surface area contributed by atoms with Crippen LogP contribution in [-0.4, -0.2) is 45.5 Å². The van der Waals surface area contributed by atoms with E-state index in [1.165, 1.54) is 29.5 Å². The van der Waals surface area contributed by atoms with Gasteiger partial charge in [0.05, 0.1) is 18.9 Å². The second kappa shape index (κ2) is 13.5. The SMILES string of the molecule is CCCCOc1ccc(C(=O)NCc2nnc(SCC(=O)N3CCCc4ccccc43)n2-c2ccc(F)cc2)cc1. The number of aromatic nitrogens is 3. The third-order valence-corrected chi connectivity index (χ3v) is 7.73. The maximum atomic E-state index is 13.7. The molecule has 1 aliphatic rings. The molecule has 0 unspecified atom stereocenters. The Morgan fingerprint density at radius 3 is 2.59 bits per heavy atom. The van der Waals surface area contributed by atoms with Gasteiger partial charge in [0.2, 0.25) is 5.91 Å². The van der Waals surface area contributed by atoms with Crippen LogP contribution in [0, 0.1) is 5.82 Å². The molecule has 0 bridgehead atoms. The standard InChI is InChI=1S/C31H32FN5O3S/c1-2-3-19-40-26-16-10-23(11-17-26)30(39)33-20-28-34-35-31(37(28)25-14-12-24(32)13-15-25)41-21-29(38)36-18-6-8-22-7-4-5-9-27(22)36/h4-5,7,9-17H,2-3,6,8,18-21H2,1H3,(H,33,39). The van der Waals surface area contributed by atoms with E-state index in [2.05, 4.69) is 28.5 Å². The largest absolute Gasteiger partial charge is 0.494 e. The van der Waals surface area contributed by atoms with E-state index in [1.54, 1.807) is 41.0 Å². The third kappa shape index (κ3) is 6.94. The molecule has 0 saturated heterocycles. The molecule has 0 radical (unpaired) electrons. The number of nitrogens with one attached hydrogen (secondary N) is 1. The molecule has 2 amide bonds. The van der Waals surface area contributed by atoms with E-state index in [1.807, 2.05) is 23.1 Å². The van der Waals surface area contributed by atoms with Gasteiger partial charge in [0.15, 0.2) is 11.0 Å². The van der Waals surface area contributed by atoms with Crippen LogP contribution < -0.4 is 15.0 Å². The zero-order chi connectivity index (χ0) is 28.6. The number of fused-ring (bicyclic) bond motifs is 1. The lowest BCUT2D eigenvalue weighted by Gasteiger charge is -2.29. The lowest BCUT2D eigenvalue weighted by atomic mass is 10.0. The summed E-state index contributed by atoms with van der Waals surface area (Å²) in [4.78, 5) is 27.9. The van der Waals surface area contributed by atoms with Gasteiger partial charge in [-0.05, 0) is 79.4 Å². The summed E-state index contributed by atoms with van der Waals surface area (Å²) in [6.07, 6.45) is 3.89. The lowest BCUT2D eigenvalue weighted by molar-refractivity contribution is -0.116. The first-order valence-electron chi connectivity index (χ1n) is 13.8. The smallest absolute Gasteiger partial charge is 0.251 e. The maximum absolute atomic E-state index is 13.7. The summed E-state index contributed by atoms with van der Waals surface area (Å²) in [6, 6.07) is 20.9. The Balaban J connectivity index is 1.28. The quantitative estimate of drug-likeness (QED) is 0.186. The van der Waals surface area contributed by atoms with Crippen LogP contribution >= 0.6 is 11.8 Å². The highest BCUT2D eigenvalue weighted by Crippen LogP contribution is 2.29. The molecule has 1 N–H and O–H groups in total. The Morgan fingerprint density at radius 2 is 1.80 bits per heavy atom. The second-order valence-corrected chi connectivity index (χ2v) is 10.6. The van der Waals surface area contributed by atoms with Crippen LogP contribution in [0.2, 0.25) is 0 Å². The number of rotatable bonds is 11. The number of ether oxygens (including phenoxy) is 1. The van der Waals surface area contributed by atoms with Crippen molar-refractivity contribution in [1.29, 1.82) is 0 Å². The van der Waals surface area contributed by atoms with Gasteiger partial charge in [0.25, 0.3) is 5.91 Å². The number of nitrogens with zero attached hydrogens (tertiary/aromatic N) is 4. The minimum absolute atomic E-state index is 0.0206. The Morgan fingerprint density at radius 1 is 1.02 bits per heavy atom. The van der Waals surface area contributed by atoms with E-state index >= 15 is 0 Å². The van der Waals surface area contributed by atoms with E-state index in [4.69, 9.17) is 4.74 Å². The molecular weight excluding hydrogens is 541 g/mol. The van der Waals surface area contributed by atoms with Gasteiger partial charge in [-0.3, -0.25) is 14.2 Å². The molecule has 8 nitrogen and oxygen atoms in total. The van der Waals surface area contributed by atoms with Crippen LogP contribution in [0.4, 0.5) is 10.1 Å². The number of hydrogen-bond donors (Lipinski definition) is 1. The van der Waals surface area contributed by atoms with Crippen molar-refractivity contribution < 1.29 is 18.7 Å². The molecule has 41 heavy (non-hydrogen) atoms. The number of aryl methyl sites for hydroxylation is 1. The van der Waals surface area contributed by atoms with Crippen molar-refractivity contribution in [3.8, 4) is 11.4 Å². The summed E-state index contributed by atoms with van der Waals surface area (Å²) < 4.78 is 21.1. The minimum atomic E-state index is -0.369. The number of halogens is 1. The fraction of sp³-hybridized carbons (Fsp3) is 0.290. The fourth-order valence-corrected chi connectivity index (χ4v) is 5.50. The average Bonchev–Trinajstić information content (AvgIpc) is 3.42. The number of para-hydroxylation sites is 1. The summed E-state index contributed by atoms with van der Waals surface area (Å²) in [5.74, 6) is 0.678. The third-order valence-electron chi connectivity index (χ3n) is 6.81. The first-order chi connectivity index (χ1) is 20.0. The zero-order valence-electron chi connectivity index (χ0n) is 22.9. The molecule has 0 fully saturated rings. The second-order valence-electron chi connectivity index (χ2n) is 9.69. The van der Waals surface area contributed by atoms with Crippen molar-refractivity contribution in [2.75, 3.05) is 23.8 Å². The van der Waals surface area contributed by atoms with E-state index < -0.39 is 0 Å². The molecule has 0 saturated carbocycles. The van der Waals surface area contributed by atoms with Gasteiger partial charge in [0.1, 0.15) is 11.6 Å².